The predicted octanol–water partition coefficient (Wildman–Crippen LogP) is 2.55. The van der Waals surface area contributed by atoms with Gasteiger partial charge in [0.15, 0.2) is 17.5 Å². The molecule has 0 amide bonds. The van der Waals surface area contributed by atoms with Gasteiger partial charge >= 0.3 is 0 Å². The Bertz CT molecular complexity index is 805. The third-order valence-corrected chi connectivity index (χ3v) is 4.61. The lowest BCUT2D eigenvalue weighted by Gasteiger charge is -2.15. The van der Waals surface area contributed by atoms with E-state index in [0.29, 0.717) is 6.54 Å². The molecule has 2 N–H and O–H groups in total. The fourth-order valence-corrected chi connectivity index (χ4v) is 3.21. The van der Waals surface area contributed by atoms with Crippen molar-refractivity contribution in [2.75, 3.05) is 34.4 Å². The molecule has 2 aromatic carbocycles. The van der Waals surface area contributed by atoms with Crippen LogP contribution >= 0.6 is 0 Å². The molecule has 1 aliphatic rings. The Hall–Kier alpha value is -2.89. The smallest absolute Gasteiger partial charge is 0.191 e. The van der Waals surface area contributed by atoms with E-state index in [1.165, 1.54) is 11.1 Å². The van der Waals surface area contributed by atoms with E-state index in [0.717, 1.165) is 54.8 Å². The monoisotopic (exact) mass is 369 g/mol. The van der Waals surface area contributed by atoms with Gasteiger partial charge in [0.2, 0.25) is 0 Å². The first-order valence-corrected chi connectivity index (χ1v) is 9.14. The summed E-state index contributed by atoms with van der Waals surface area (Å²) in [6.07, 6.45) is 1.93. The van der Waals surface area contributed by atoms with Crippen LogP contribution in [0.5, 0.6) is 17.2 Å². The molecule has 0 saturated heterocycles. The Balaban J connectivity index is 1.51. The predicted molar refractivity (Wildman–Crippen MR) is 107 cm³/mol. The summed E-state index contributed by atoms with van der Waals surface area (Å²) in [6.45, 7) is 2.19. The number of hydrogen-bond acceptors (Lipinski definition) is 4. The average Bonchev–Trinajstić information content (AvgIpc) is 3.17. The van der Waals surface area contributed by atoms with Crippen LogP contribution in [0.1, 0.15) is 16.7 Å². The molecule has 0 unspecified atom stereocenters. The zero-order valence-electron chi connectivity index (χ0n) is 16.2. The molecule has 6 heteroatoms. The molecular formula is C21H27N3O3. The molecule has 0 aromatic heterocycles. The highest BCUT2D eigenvalue weighted by Gasteiger charge is 2.12. The summed E-state index contributed by atoms with van der Waals surface area (Å²) >= 11 is 0. The van der Waals surface area contributed by atoms with E-state index in [4.69, 9.17) is 14.2 Å². The minimum Gasteiger partial charge on any atom is -0.493 e. The minimum atomic E-state index is 0.593. The lowest BCUT2D eigenvalue weighted by Crippen LogP contribution is -2.37. The van der Waals surface area contributed by atoms with Crippen molar-refractivity contribution in [2.45, 2.75) is 19.4 Å². The molecule has 1 heterocycles. The quantitative estimate of drug-likeness (QED) is 0.580. The average molecular weight is 369 g/mol. The number of hydrogen-bond donors (Lipinski definition) is 2. The number of nitrogens with zero attached hydrogens (tertiary/aromatic N) is 1. The van der Waals surface area contributed by atoms with Crippen molar-refractivity contribution >= 4 is 5.96 Å². The van der Waals surface area contributed by atoms with E-state index < -0.39 is 0 Å². The molecule has 0 spiro atoms. The van der Waals surface area contributed by atoms with Gasteiger partial charge in [-0.3, -0.25) is 4.99 Å². The van der Waals surface area contributed by atoms with Crippen LogP contribution < -0.4 is 24.8 Å². The summed E-state index contributed by atoms with van der Waals surface area (Å²) in [6, 6.07) is 12.3. The zero-order valence-corrected chi connectivity index (χ0v) is 16.2. The molecule has 0 atom stereocenters. The van der Waals surface area contributed by atoms with Crippen LogP contribution in [0, 0.1) is 0 Å². The number of guanidine groups is 1. The highest BCUT2D eigenvalue weighted by molar-refractivity contribution is 5.79. The molecule has 0 radical (unpaired) electrons. The first kappa shape index (κ1) is 18.9. The maximum absolute atomic E-state index is 5.56. The van der Waals surface area contributed by atoms with Crippen LogP contribution in [0.2, 0.25) is 0 Å². The van der Waals surface area contributed by atoms with Crippen LogP contribution in [0.25, 0.3) is 0 Å². The number of para-hydroxylation sites is 1. The maximum atomic E-state index is 5.56. The highest BCUT2D eigenvalue weighted by atomic mass is 16.5. The zero-order chi connectivity index (χ0) is 19.1. The van der Waals surface area contributed by atoms with E-state index in [9.17, 15) is 0 Å². The van der Waals surface area contributed by atoms with Gasteiger partial charge in [0.25, 0.3) is 0 Å². The first-order chi connectivity index (χ1) is 13.2. The molecule has 3 rings (SSSR count). The standard InChI is InChI=1S/C21H27N3O3/c1-22-21(24-14-17-5-4-6-19(25-2)20(17)26-3)23-11-9-15-7-8-18-16(13-15)10-12-27-18/h4-8,13H,9-12,14H2,1-3H3,(H2,22,23,24). The Morgan fingerprint density at radius 1 is 1.15 bits per heavy atom. The molecule has 2 aromatic rings. The molecule has 144 valence electrons. The van der Waals surface area contributed by atoms with Gasteiger partial charge in [0, 0.05) is 32.1 Å². The largest absolute Gasteiger partial charge is 0.493 e. The van der Waals surface area contributed by atoms with Crippen molar-refractivity contribution in [3.63, 3.8) is 0 Å². The number of nitrogens with one attached hydrogen (secondary N) is 2. The van der Waals surface area contributed by atoms with E-state index in [1.54, 1.807) is 21.3 Å². The van der Waals surface area contributed by atoms with Gasteiger partial charge in [0.05, 0.1) is 20.8 Å². The van der Waals surface area contributed by atoms with E-state index in [2.05, 4.69) is 33.8 Å². The van der Waals surface area contributed by atoms with Crippen LogP contribution in [-0.4, -0.2) is 40.4 Å². The van der Waals surface area contributed by atoms with Crippen LogP contribution in [0.15, 0.2) is 41.4 Å². The Labute approximate surface area is 160 Å². The van der Waals surface area contributed by atoms with Gasteiger partial charge in [-0.25, -0.2) is 0 Å². The summed E-state index contributed by atoms with van der Waals surface area (Å²) < 4.78 is 16.4. The van der Waals surface area contributed by atoms with Gasteiger partial charge in [-0.1, -0.05) is 24.3 Å². The van der Waals surface area contributed by atoms with Gasteiger partial charge in [-0.15, -0.1) is 0 Å². The minimum absolute atomic E-state index is 0.593. The maximum Gasteiger partial charge on any atom is 0.191 e. The second kappa shape index (κ2) is 9.16. The molecule has 0 aliphatic carbocycles. The fraction of sp³-hybridized carbons (Fsp3) is 0.381. The van der Waals surface area contributed by atoms with Crippen molar-refractivity contribution in [3.05, 3.63) is 53.1 Å². The molecule has 0 saturated carbocycles. The Kier molecular flexibility index (Phi) is 6.41. The third kappa shape index (κ3) is 4.64. The lowest BCUT2D eigenvalue weighted by atomic mass is 10.1. The number of methoxy groups -OCH3 is 2. The molecule has 0 fully saturated rings. The van der Waals surface area contributed by atoms with Crippen molar-refractivity contribution in [2.24, 2.45) is 4.99 Å². The lowest BCUT2D eigenvalue weighted by molar-refractivity contribution is 0.351. The fourth-order valence-electron chi connectivity index (χ4n) is 3.21. The van der Waals surface area contributed by atoms with E-state index in [-0.39, 0.29) is 0 Å². The highest BCUT2D eigenvalue weighted by Crippen LogP contribution is 2.30. The second-order valence-corrected chi connectivity index (χ2v) is 6.30. The summed E-state index contributed by atoms with van der Waals surface area (Å²) in [5.41, 5.74) is 3.62. The summed E-state index contributed by atoms with van der Waals surface area (Å²) in [7, 11) is 5.06. The van der Waals surface area contributed by atoms with Gasteiger partial charge in [-0.2, -0.15) is 0 Å². The van der Waals surface area contributed by atoms with Gasteiger partial charge in [-0.05, 0) is 29.7 Å². The van der Waals surface area contributed by atoms with Crippen LogP contribution in [-0.2, 0) is 19.4 Å². The first-order valence-electron chi connectivity index (χ1n) is 9.14. The Morgan fingerprint density at radius 2 is 2.04 bits per heavy atom. The van der Waals surface area contributed by atoms with E-state index in [1.807, 2.05) is 18.2 Å². The van der Waals surface area contributed by atoms with Gasteiger partial charge < -0.3 is 24.8 Å². The van der Waals surface area contributed by atoms with Crippen LogP contribution in [0.3, 0.4) is 0 Å². The van der Waals surface area contributed by atoms with E-state index >= 15 is 0 Å². The topological polar surface area (TPSA) is 64.1 Å². The number of rotatable bonds is 7. The number of benzene rings is 2. The molecule has 6 nitrogen and oxygen atoms in total. The number of aliphatic imine (C=N–C) groups is 1. The third-order valence-electron chi connectivity index (χ3n) is 4.61. The molecule has 1 aliphatic heterocycles. The molecule has 0 bridgehead atoms. The number of fused-ring (bicyclic) bond motifs is 1. The van der Waals surface area contributed by atoms with Crippen molar-refractivity contribution in [1.29, 1.82) is 0 Å². The van der Waals surface area contributed by atoms with Crippen molar-refractivity contribution in [1.82, 2.24) is 10.6 Å². The van der Waals surface area contributed by atoms with Crippen LogP contribution in [0.4, 0.5) is 0 Å². The number of ether oxygens (including phenoxy) is 3. The summed E-state index contributed by atoms with van der Waals surface area (Å²) in [4.78, 5) is 4.29. The SMILES string of the molecule is CN=C(NCCc1ccc2c(c1)CCO2)NCc1cccc(OC)c1OC. The van der Waals surface area contributed by atoms with Crippen molar-refractivity contribution in [3.8, 4) is 17.2 Å². The summed E-state index contributed by atoms with van der Waals surface area (Å²) in [5, 5.41) is 6.68. The van der Waals surface area contributed by atoms with Gasteiger partial charge in [0.1, 0.15) is 5.75 Å². The molecule has 27 heavy (non-hydrogen) atoms. The normalized spacial score (nSPS) is 12.9. The van der Waals surface area contributed by atoms with Crippen molar-refractivity contribution < 1.29 is 14.2 Å². The second-order valence-electron chi connectivity index (χ2n) is 6.30. The molecular weight excluding hydrogens is 342 g/mol. The Morgan fingerprint density at radius 3 is 2.81 bits per heavy atom. The summed E-state index contributed by atoms with van der Waals surface area (Å²) in [5.74, 6) is 3.24.